The number of benzene rings is 5. The highest BCUT2D eigenvalue weighted by atomic mass is 15.1. The van der Waals surface area contributed by atoms with E-state index < -0.39 is 0 Å². The molecule has 2 nitrogen and oxygen atoms in total. The van der Waals surface area contributed by atoms with Crippen LogP contribution in [0.5, 0.6) is 0 Å². The maximum atomic E-state index is 3.46. The van der Waals surface area contributed by atoms with Crippen LogP contribution in [-0.2, 0) is 0 Å². The van der Waals surface area contributed by atoms with Gasteiger partial charge in [-0.3, -0.25) is 0 Å². The van der Waals surface area contributed by atoms with Crippen molar-refractivity contribution in [3.8, 4) is 0 Å². The predicted octanol–water partition coefficient (Wildman–Crippen LogP) is 8.05. The number of para-hydroxylation sites is 2. The van der Waals surface area contributed by atoms with Crippen molar-refractivity contribution in [1.82, 2.24) is 0 Å². The monoisotopic (exact) mass is 386 g/mol. The van der Waals surface area contributed by atoms with Crippen LogP contribution >= 0.6 is 0 Å². The standard InChI is InChI=1S/C28H22N2/c1-3-12-23(13-4-1)29-24-18-20-26(21-19-24)30(25-14-5-2-6-15-25)28-17-9-11-22-10-7-8-16-27(22)28/h1-21,29H. The SMILES string of the molecule is c1ccc(Nc2ccc(N(c3ccccc3)c3cccc4ccccc34)cc2)cc1. The van der Waals surface area contributed by atoms with E-state index >= 15 is 0 Å². The first-order valence-electron chi connectivity index (χ1n) is 10.1. The van der Waals surface area contributed by atoms with E-state index in [4.69, 9.17) is 0 Å². The minimum Gasteiger partial charge on any atom is -0.356 e. The van der Waals surface area contributed by atoms with E-state index in [0.29, 0.717) is 0 Å². The van der Waals surface area contributed by atoms with Gasteiger partial charge in [-0.2, -0.15) is 0 Å². The molecule has 0 unspecified atom stereocenters. The molecule has 0 radical (unpaired) electrons. The quantitative estimate of drug-likeness (QED) is 0.329. The Balaban J connectivity index is 1.58. The van der Waals surface area contributed by atoms with Gasteiger partial charge >= 0.3 is 0 Å². The minimum absolute atomic E-state index is 1.07. The summed E-state index contributed by atoms with van der Waals surface area (Å²) in [4.78, 5) is 2.31. The van der Waals surface area contributed by atoms with E-state index in [1.54, 1.807) is 0 Å². The molecule has 30 heavy (non-hydrogen) atoms. The molecule has 2 heteroatoms. The van der Waals surface area contributed by atoms with E-state index in [1.165, 1.54) is 16.5 Å². The van der Waals surface area contributed by atoms with E-state index in [-0.39, 0.29) is 0 Å². The van der Waals surface area contributed by atoms with Crippen LogP contribution in [0.4, 0.5) is 28.4 Å². The summed E-state index contributed by atoms with van der Waals surface area (Å²) in [6, 6.07) is 44.3. The summed E-state index contributed by atoms with van der Waals surface area (Å²) < 4.78 is 0. The molecule has 0 saturated carbocycles. The number of nitrogens with zero attached hydrogens (tertiary/aromatic N) is 1. The number of fused-ring (bicyclic) bond motifs is 1. The molecule has 5 rings (SSSR count). The third-order valence-electron chi connectivity index (χ3n) is 5.21. The Labute approximate surface area is 177 Å². The van der Waals surface area contributed by atoms with Gasteiger partial charge in [-0.25, -0.2) is 0 Å². The third kappa shape index (κ3) is 3.63. The Morgan fingerprint density at radius 3 is 1.77 bits per heavy atom. The van der Waals surface area contributed by atoms with E-state index in [9.17, 15) is 0 Å². The number of rotatable bonds is 5. The number of anilines is 5. The molecule has 0 heterocycles. The number of nitrogens with one attached hydrogen (secondary N) is 1. The topological polar surface area (TPSA) is 15.3 Å². The van der Waals surface area contributed by atoms with Gasteiger partial charge in [0.25, 0.3) is 0 Å². The first-order chi connectivity index (χ1) is 14.9. The molecule has 1 N–H and O–H groups in total. The Bertz CT molecular complexity index is 1240. The van der Waals surface area contributed by atoms with Gasteiger partial charge in [0.1, 0.15) is 0 Å². The van der Waals surface area contributed by atoms with E-state index in [1.807, 2.05) is 18.2 Å². The molecular weight excluding hydrogens is 364 g/mol. The first-order valence-corrected chi connectivity index (χ1v) is 10.1. The van der Waals surface area contributed by atoms with Crippen LogP contribution < -0.4 is 10.2 Å². The van der Waals surface area contributed by atoms with Crippen LogP contribution in [0.1, 0.15) is 0 Å². The van der Waals surface area contributed by atoms with Crippen LogP contribution in [0.3, 0.4) is 0 Å². The Hall–Kier alpha value is -4.04. The van der Waals surface area contributed by atoms with Crippen molar-refractivity contribution in [2.45, 2.75) is 0 Å². The summed E-state index contributed by atoms with van der Waals surface area (Å²) in [5.41, 5.74) is 5.58. The highest BCUT2D eigenvalue weighted by Gasteiger charge is 2.14. The molecular formula is C28H22N2. The largest absolute Gasteiger partial charge is 0.356 e. The van der Waals surface area contributed by atoms with Crippen molar-refractivity contribution in [3.63, 3.8) is 0 Å². The van der Waals surface area contributed by atoms with Crippen molar-refractivity contribution in [3.05, 3.63) is 127 Å². The van der Waals surface area contributed by atoms with Crippen LogP contribution in [0.15, 0.2) is 127 Å². The number of hydrogen-bond donors (Lipinski definition) is 1. The van der Waals surface area contributed by atoms with Gasteiger partial charge in [0.15, 0.2) is 0 Å². The van der Waals surface area contributed by atoms with Gasteiger partial charge in [-0.15, -0.1) is 0 Å². The molecule has 0 aromatic heterocycles. The van der Waals surface area contributed by atoms with Crippen LogP contribution in [0.2, 0.25) is 0 Å². The van der Waals surface area contributed by atoms with E-state index in [2.05, 4.69) is 119 Å². The molecule has 0 saturated heterocycles. The number of hydrogen-bond acceptors (Lipinski definition) is 2. The fourth-order valence-corrected chi connectivity index (χ4v) is 3.79. The van der Waals surface area contributed by atoms with Crippen LogP contribution in [0, 0.1) is 0 Å². The molecule has 0 atom stereocenters. The highest BCUT2D eigenvalue weighted by molar-refractivity contribution is 5.98. The molecule has 5 aromatic rings. The molecule has 0 spiro atoms. The Kier molecular flexibility index (Phi) is 4.89. The lowest BCUT2D eigenvalue weighted by atomic mass is 10.1. The zero-order chi connectivity index (χ0) is 20.2. The lowest BCUT2D eigenvalue weighted by Gasteiger charge is -2.27. The fraction of sp³-hybridized carbons (Fsp3) is 0. The summed E-state index contributed by atoms with van der Waals surface area (Å²) in [7, 11) is 0. The van der Waals surface area contributed by atoms with Gasteiger partial charge in [-0.1, -0.05) is 72.8 Å². The zero-order valence-corrected chi connectivity index (χ0v) is 16.6. The first kappa shape index (κ1) is 18.0. The Morgan fingerprint density at radius 1 is 0.433 bits per heavy atom. The maximum Gasteiger partial charge on any atom is 0.0540 e. The van der Waals surface area contributed by atoms with Gasteiger partial charge < -0.3 is 10.2 Å². The van der Waals surface area contributed by atoms with Crippen molar-refractivity contribution >= 4 is 39.2 Å². The molecule has 0 bridgehead atoms. The second-order valence-electron chi connectivity index (χ2n) is 7.21. The summed E-state index contributed by atoms with van der Waals surface area (Å²) in [5.74, 6) is 0. The van der Waals surface area contributed by atoms with E-state index in [0.717, 1.165) is 22.7 Å². The zero-order valence-electron chi connectivity index (χ0n) is 16.6. The normalized spacial score (nSPS) is 10.7. The summed E-state index contributed by atoms with van der Waals surface area (Å²) in [5, 5.41) is 5.93. The molecule has 0 aliphatic heterocycles. The van der Waals surface area contributed by atoms with Crippen molar-refractivity contribution < 1.29 is 0 Å². The average molecular weight is 386 g/mol. The van der Waals surface area contributed by atoms with Crippen LogP contribution in [-0.4, -0.2) is 0 Å². The molecule has 144 valence electrons. The van der Waals surface area contributed by atoms with Crippen LogP contribution in [0.25, 0.3) is 10.8 Å². The highest BCUT2D eigenvalue weighted by Crippen LogP contribution is 2.39. The second kappa shape index (κ2) is 8.14. The fourth-order valence-electron chi connectivity index (χ4n) is 3.79. The van der Waals surface area contributed by atoms with Crippen molar-refractivity contribution in [2.24, 2.45) is 0 Å². The summed E-state index contributed by atoms with van der Waals surface area (Å²) in [6.07, 6.45) is 0. The lowest BCUT2D eigenvalue weighted by Crippen LogP contribution is -2.10. The minimum atomic E-state index is 1.07. The van der Waals surface area contributed by atoms with Crippen molar-refractivity contribution in [1.29, 1.82) is 0 Å². The molecule has 0 fully saturated rings. The smallest absolute Gasteiger partial charge is 0.0540 e. The van der Waals surface area contributed by atoms with Crippen molar-refractivity contribution in [2.75, 3.05) is 10.2 Å². The molecule has 0 aliphatic carbocycles. The Morgan fingerprint density at radius 2 is 1.00 bits per heavy atom. The van der Waals surface area contributed by atoms with Gasteiger partial charge in [0.2, 0.25) is 0 Å². The maximum absolute atomic E-state index is 3.46. The van der Waals surface area contributed by atoms with Gasteiger partial charge in [0.05, 0.1) is 5.69 Å². The van der Waals surface area contributed by atoms with Gasteiger partial charge in [0, 0.05) is 28.1 Å². The van der Waals surface area contributed by atoms with Gasteiger partial charge in [-0.05, 0) is 60.0 Å². The second-order valence-corrected chi connectivity index (χ2v) is 7.21. The average Bonchev–Trinajstić information content (AvgIpc) is 2.82. The summed E-state index contributed by atoms with van der Waals surface area (Å²) >= 11 is 0. The molecule has 0 aliphatic rings. The molecule has 0 amide bonds. The summed E-state index contributed by atoms with van der Waals surface area (Å²) in [6.45, 7) is 0. The predicted molar refractivity (Wildman–Crippen MR) is 128 cm³/mol. The molecule has 5 aromatic carbocycles. The third-order valence-corrected chi connectivity index (χ3v) is 5.21. The lowest BCUT2D eigenvalue weighted by molar-refractivity contribution is 1.30.